The molecule has 0 aliphatic heterocycles. The van der Waals surface area contributed by atoms with Gasteiger partial charge in [0.25, 0.3) is 0 Å². The van der Waals surface area contributed by atoms with Gasteiger partial charge in [0, 0.05) is 11.9 Å². The van der Waals surface area contributed by atoms with Crippen molar-refractivity contribution in [3.05, 3.63) is 24.4 Å². The molecule has 0 radical (unpaired) electrons. The fraction of sp³-hybridized carbons (Fsp3) is 0.538. The molecule has 0 atom stereocenters. The molecule has 0 unspecified atom stereocenters. The predicted octanol–water partition coefficient (Wildman–Crippen LogP) is 1.52. The molecule has 0 fully saturated rings. The summed E-state index contributed by atoms with van der Waals surface area (Å²) >= 11 is 0. The molecule has 0 aromatic carbocycles. The van der Waals surface area contributed by atoms with Gasteiger partial charge in [-0.3, -0.25) is 4.79 Å². The number of nitrogens with zero attached hydrogens (tertiary/aromatic N) is 1. The molecule has 24 heavy (non-hydrogen) atoms. The fourth-order valence-corrected chi connectivity index (χ4v) is 7.20. The first kappa shape index (κ1) is 21.3. The van der Waals surface area contributed by atoms with E-state index < -0.39 is 49.3 Å². The van der Waals surface area contributed by atoms with Gasteiger partial charge in [0.15, 0.2) is 19.7 Å². The van der Waals surface area contributed by atoms with Crippen molar-refractivity contribution in [3.8, 4) is 0 Å². The van der Waals surface area contributed by atoms with Gasteiger partial charge in [-0.05, 0) is 29.3 Å². The summed E-state index contributed by atoms with van der Waals surface area (Å²) < 4.78 is 46.8. The number of carbonyl (C=O) groups is 1. The maximum absolute atomic E-state index is 11.8. The Hall–Kier alpha value is -0.780. The minimum atomic E-state index is -3.66. The smallest absolute Gasteiger partial charge is 0.304 e. The lowest BCUT2D eigenvalue weighted by Crippen LogP contribution is -2.22. The molecule has 1 N–H and O–H groups in total. The topological polar surface area (TPSA) is 118 Å². The summed E-state index contributed by atoms with van der Waals surface area (Å²) in [5.74, 6) is -2.23. The SMILES string of the molecule is O=C(O)CCS(=O)(=O)CCS(=O)(=O)CCCSSc1ccccn1. The van der Waals surface area contributed by atoms with Crippen molar-refractivity contribution in [2.45, 2.75) is 17.9 Å². The van der Waals surface area contributed by atoms with E-state index in [1.807, 2.05) is 18.2 Å². The van der Waals surface area contributed by atoms with Gasteiger partial charge >= 0.3 is 5.97 Å². The van der Waals surface area contributed by atoms with Crippen molar-refractivity contribution in [3.63, 3.8) is 0 Å². The maximum atomic E-state index is 11.8. The lowest BCUT2D eigenvalue weighted by molar-refractivity contribution is -0.136. The zero-order chi connectivity index (χ0) is 18.1. The summed E-state index contributed by atoms with van der Waals surface area (Å²) in [4.78, 5) is 14.5. The Morgan fingerprint density at radius 2 is 1.71 bits per heavy atom. The normalized spacial score (nSPS) is 12.2. The second kappa shape index (κ2) is 10.3. The third kappa shape index (κ3) is 10.2. The van der Waals surface area contributed by atoms with Gasteiger partial charge < -0.3 is 5.11 Å². The van der Waals surface area contributed by atoms with E-state index in [0.717, 1.165) is 5.03 Å². The molecule has 0 bridgehead atoms. The molecular weight excluding hydrogens is 394 g/mol. The molecule has 11 heteroatoms. The van der Waals surface area contributed by atoms with Crippen molar-refractivity contribution < 1.29 is 26.7 Å². The maximum Gasteiger partial charge on any atom is 0.304 e. The van der Waals surface area contributed by atoms with E-state index in [1.165, 1.54) is 21.6 Å². The van der Waals surface area contributed by atoms with Crippen LogP contribution in [-0.4, -0.2) is 61.7 Å². The minimum Gasteiger partial charge on any atom is -0.481 e. The van der Waals surface area contributed by atoms with Gasteiger partial charge in [-0.1, -0.05) is 16.9 Å². The van der Waals surface area contributed by atoms with Gasteiger partial charge in [0.2, 0.25) is 0 Å². The molecule has 1 rings (SSSR count). The van der Waals surface area contributed by atoms with Crippen LogP contribution in [0.5, 0.6) is 0 Å². The first-order valence-corrected chi connectivity index (χ1v) is 13.0. The Kier molecular flexibility index (Phi) is 9.09. The zero-order valence-electron chi connectivity index (χ0n) is 12.8. The van der Waals surface area contributed by atoms with Gasteiger partial charge in [0.1, 0.15) is 5.03 Å². The van der Waals surface area contributed by atoms with Gasteiger partial charge in [-0.25, -0.2) is 21.8 Å². The molecule has 0 amide bonds. The molecule has 0 spiro atoms. The minimum absolute atomic E-state index is 0.0861. The highest BCUT2D eigenvalue weighted by molar-refractivity contribution is 8.76. The molecule has 1 aromatic heterocycles. The van der Waals surface area contributed by atoms with Crippen LogP contribution >= 0.6 is 21.6 Å². The number of pyridine rings is 1. The highest BCUT2D eigenvalue weighted by Crippen LogP contribution is 2.29. The van der Waals surface area contributed by atoms with E-state index >= 15 is 0 Å². The number of carboxylic acid groups (broad SMARTS) is 1. The van der Waals surface area contributed by atoms with Crippen LogP contribution in [0.15, 0.2) is 29.4 Å². The second-order valence-corrected chi connectivity index (χ2v) is 11.9. The standard InChI is InChI=1S/C13H19NO6S4/c15-13(16)5-9-24(19,20)11-10-23(17,18)8-3-7-21-22-12-4-1-2-6-14-12/h1-2,4,6H,3,5,7-11H2,(H,15,16). The summed E-state index contributed by atoms with van der Waals surface area (Å²) in [5.41, 5.74) is 0. The molecular formula is C13H19NO6S4. The molecule has 7 nitrogen and oxygen atoms in total. The lowest BCUT2D eigenvalue weighted by atomic mass is 10.5. The monoisotopic (exact) mass is 413 g/mol. The second-order valence-electron chi connectivity index (χ2n) is 4.87. The molecule has 1 aromatic rings. The Bertz CT molecular complexity index is 718. The number of rotatable bonds is 12. The van der Waals surface area contributed by atoms with Crippen LogP contribution in [0, 0.1) is 0 Å². The van der Waals surface area contributed by atoms with E-state index in [9.17, 15) is 21.6 Å². The Morgan fingerprint density at radius 1 is 1.04 bits per heavy atom. The highest BCUT2D eigenvalue weighted by Gasteiger charge is 2.18. The first-order chi connectivity index (χ1) is 11.2. The van der Waals surface area contributed by atoms with Crippen molar-refractivity contribution in [2.75, 3.05) is 28.8 Å². The summed E-state index contributed by atoms with van der Waals surface area (Å²) in [6.07, 6.45) is 1.59. The largest absolute Gasteiger partial charge is 0.481 e. The number of hydrogen-bond donors (Lipinski definition) is 1. The van der Waals surface area contributed by atoms with Crippen LogP contribution in [0.25, 0.3) is 0 Å². The number of aromatic nitrogens is 1. The first-order valence-electron chi connectivity index (χ1n) is 7.03. The van der Waals surface area contributed by atoms with Crippen LogP contribution in [0.3, 0.4) is 0 Å². The number of sulfone groups is 2. The molecule has 0 aliphatic carbocycles. The molecule has 0 aliphatic rings. The van der Waals surface area contributed by atoms with Crippen molar-refractivity contribution >= 4 is 47.2 Å². The van der Waals surface area contributed by atoms with E-state index in [0.29, 0.717) is 12.2 Å². The molecule has 1 heterocycles. The molecule has 0 saturated heterocycles. The number of aliphatic carboxylic acids is 1. The molecule has 136 valence electrons. The van der Waals surface area contributed by atoms with Crippen molar-refractivity contribution in [2.24, 2.45) is 0 Å². The Labute approximate surface area is 149 Å². The average Bonchev–Trinajstić information content (AvgIpc) is 2.52. The van der Waals surface area contributed by atoms with Crippen LogP contribution < -0.4 is 0 Å². The van der Waals surface area contributed by atoms with Crippen LogP contribution in [0.1, 0.15) is 12.8 Å². The zero-order valence-corrected chi connectivity index (χ0v) is 16.1. The summed E-state index contributed by atoms with van der Waals surface area (Å²) in [7, 11) is -4.18. The van der Waals surface area contributed by atoms with E-state index in [1.54, 1.807) is 6.20 Å². The van der Waals surface area contributed by atoms with Crippen LogP contribution in [0.4, 0.5) is 0 Å². The summed E-state index contributed by atoms with van der Waals surface area (Å²) in [6, 6.07) is 5.54. The Morgan fingerprint density at radius 3 is 2.29 bits per heavy atom. The summed E-state index contributed by atoms with van der Waals surface area (Å²) in [6.45, 7) is 0. The predicted molar refractivity (Wildman–Crippen MR) is 96.7 cm³/mol. The number of hydrogen-bond acceptors (Lipinski definition) is 8. The van der Waals surface area contributed by atoms with E-state index in [2.05, 4.69) is 4.98 Å². The van der Waals surface area contributed by atoms with E-state index in [4.69, 9.17) is 5.11 Å². The lowest BCUT2D eigenvalue weighted by Gasteiger charge is -2.05. The van der Waals surface area contributed by atoms with Gasteiger partial charge in [0.05, 0.1) is 29.4 Å². The van der Waals surface area contributed by atoms with Crippen molar-refractivity contribution in [1.29, 1.82) is 0 Å². The van der Waals surface area contributed by atoms with Crippen molar-refractivity contribution in [1.82, 2.24) is 4.98 Å². The third-order valence-electron chi connectivity index (χ3n) is 2.80. The number of carboxylic acids is 1. The fourth-order valence-electron chi connectivity index (χ4n) is 1.54. The Balaban J connectivity index is 2.25. The van der Waals surface area contributed by atoms with Crippen LogP contribution in [-0.2, 0) is 24.5 Å². The average molecular weight is 414 g/mol. The van der Waals surface area contributed by atoms with Gasteiger partial charge in [-0.15, -0.1) is 0 Å². The summed E-state index contributed by atoms with van der Waals surface area (Å²) in [5, 5.41) is 9.30. The third-order valence-corrected chi connectivity index (χ3v) is 8.80. The highest BCUT2D eigenvalue weighted by atomic mass is 33.1. The molecule has 0 saturated carbocycles. The van der Waals surface area contributed by atoms with E-state index in [-0.39, 0.29) is 5.75 Å². The van der Waals surface area contributed by atoms with Crippen LogP contribution in [0.2, 0.25) is 0 Å². The van der Waals surface area contributed by atoms with Gasteiger partial charge in [-0.2, -0.15) is 0 Å². The quantitative estimate of drug-likeness (QED) is 0.402.